The van der Waals surface area contributed by atoms with Crippen molar-refractivity contribution in [3.05, 3.63) is 58.2 Å². The summed E-state index contributed by atoms with van der Waals surface area (Å²) in [6.07, 6.45) is 1.21. The lowest BCUT2D eigenvalue weighted by atomic mass is 10.2. The van der Waals surface area contributed by atoms with Crippen molar-refractivity contribution >= 4 is 5.91 Å². The van der Waals surface area contributed by atoms with E-state index in [1.807, 2.05) is 12.1 Å². The molecule has 86 valence electrons. The molecular formula is C11H6N6O. The number of nitriles is 1. The molecule has 0 atom stereocenters. The van der Waals surface area contributed by atoms with Gasteiger partial charge in [-0.15, -0.1) is 0 Å². The number of carbonyl (C=O) groups excluding carboxylic acids is 1. The SMILES string of the molecule is N#Cc1c(C(=O)N=[N+]=[N-])cnn1-c1ccccc1. The van der Waals surface area contributed by atoms with E-state index in [0.29, 0.717) is 5.69 Å². The molecule has 1 aromatic heterocycles. The molecular weight excluding hydrogens is 232 g/mol. The van der Waals surface area contributed by atoms with E-state index in [1.165, 1.54) is 10.9 Å². The molecule has 0 N–H and O–H groups in total. The topological polar surface area (TPSA) is 107 Å². The van der Waals surface area contributed by atoms with Gasteiger partial charge in [0.05, 0.1) is 17.4 Å². The predicted octanol–water partition coefficient (Wildman–Crippen LogP) is 2.19. The second kappa shape index (κ2) is 4.82. The smallest absolute Gasteiger partial charge is 0.253 e. The van der Waals surface area contributed by atoms with Gasteiger partial charge in [0.15, 0.2) is 5.69 Å². The van der Waals surface area contributed by atoms with Crippen molar-refractivity contribution < 1.29 is 4.79 Å². The average molecular weight is 238 g/mol. The molecule has 0 aliphatic rings. The van der Waals surface area contributed by atoms with Gasteiger partial charge in [0.2, 0.25) is 0 Å². The Bertz CT molecular complexity index is 675. The number of benzene rings is 1. The Morgan fingerprint density at radius 2 is 2.17 bits per heavy atom. The van der Waals surface area contributed by atoms with Gasteiger partial charge >= 0.3 is 0 Å². The molecule has 2 aromatic rings. The fourth-order valence-corrected chi connectivity index (χ4v) is 1.47. The maximum absolute atomic E-state index is 11.4. The molecule has 0 saturated heterocycles. The van der Waals surface area contributed by atoms with E-state index >= 15 is 0 Å². The number of carbonyl (C=O) groups is 1. The number of aromatic nitrogens is 2. The fourth-order valence-electron chi connectivity index (χ4n) is 1.47. The molecule has 1 aromatic carbocycles. The zero-order valence-electron chi connectivity index (χ0n) is 9.06. The third kappa shape index (κ3) is 1.91. The molecule has 0 saturated carbocycles. The van der Waals surface area contributed by atoms with Crippen LogP contribution in [0.15, 0.2) is 41.6 Å². The minimum atomic E-state index is -0.823. The van der Waals surface area contributed by atoms with Crippen LogP contribution in [0.2, 0.25) is 0 Å². The summed E-state index contributed by atoms with van der Waals surface area (Å²) in [6.45, 7) is 0. The summed E-state index contributed by atoms with van der Waals surface area (Å²) in [7, 11) is 0. The fraction of sp³-hybridized carbons (Fsp3) is 0. The quantitative estimate of drug-likeness (QED) is 0.454. The number of hydrogen-bond acceptors (Lipinski definition) is 3. The van der Waals surface area contributed by atoms with Crippen LogP contribution in [0.25, 0.3) is 16.1 Å². The van der Waals surface area contributed by atoms with Crippen molar-refractivity contribution in [3.63, 3.8) is 0 Å². The summed E-state index contributed by atoms with van der Waals surface area (Å²) < 4.78 is 1.32. The molecule has 1 heterocycles. The maximum atomic E-state index is 11.4. The molecule has 7 heteroatoms. The number of nitrogens with zero attached hydrogens (tertiary/aromatic N) is 6. The Labute approximate surface area is 102 Å². The Morgan fingerprint density at radius 1 is 1.44 bits per heavy atom. The Kier molecular flexibility index (Phi) is 3.05. The van der Waals surface area contributed by atoms with E-state index in [2.05, 4.69) is 15.1 Å². The van der Waals surface area contributed by atoms with Crippen LogP contribution >= 0.6 is 0 Å². The van der Waals surface area contributed by atoms with Crippen molar-refractivity contribution in [2.75, 3.05) is 0 Å². The number of rotatable bonds is 2. The highest BCUT2D eigenvalue weighted by molar-refractivity contribution is 5.96. The van der Waals surface area contributed by atoms with Crippen LogP contribution in [0.4, 0.5) is 0 Å². The first-order valence-electron chi connectivity index (χ1n) is 4.91. The van der Waals surface area contributed by atoms with Crippen LogP contribution in [0, 0.1) is 11.3 Å². The zero-order valence-corrected chi connectivity index (χ0v) is 9.06. The molecule has 0 radical (unpaired) electrons. The van der Waals surface area contributed by atoms with Crippen molar-refractivity contribution in [1.82, 2.24) is 9.78 Å². The van der Waals surface area contributed by atoms with E-state index in [4.69, 9.17) is 10.8 Å². The van der Waals surface area contributed by atoms with Gasteiger partial charge in [0, 0.05) is 4.91 Å². The van der Waals surface area contributed by atoms with Crippen LogP contribution in [-0.4, -0.2) is 15.7 Å². The molecule has 0 aliphatic carbocycles. The third-order valence-electron chi connectivity index (χ3n) is 2.24. The van der Waals surface area contributed by atoms with Gasteiger partial charge in [0.1, 0.15) is 6.07 Å². The number of azide groups is 1. The first kappa shape index (κ1) is 11.4. The van der Waals surface area contributed by atoms with Gasteiger partial charge in [-0.3, -0.25) is 4.79 Å². The van der Waals surface area contributed by atoms with Crippen LogP contribution in [0.5, 0.6) is 0 Å². The van der Waals surface area contributed by atoms with Crippen LogP contribution in [-0.2, 0) is 0 Å². The largest absolute Gasteiger partial charge is 0.287 e. The number of para-hydroxylation sites is 1. The normalized spacial score (nSPS) is 9.28. The summed E-state index contributed by atoms with van der Waals surface area (Å²) in [6, 6.07) is 10.8. The van der Waals surface area contributed by atoms with Gasteiger partial charge in [-0.1, -0.05) is 18.2 Å². The highest BCUT2D eigenvalue weighted by atomic mass is 16.1. The lowest BCUT2D eigenvalue weighted by Gasteiger charge is -2.01. The van der Waals surface area contributed by atoms with Gasteiger partial charge in [0.25, 0.3) is 5.91 Å². The van der Waals surface area contributed by atoms with Gasteiger partial charge in [-0.25, -0.2) is 4.68 Å². The Hall–Kier alpha value is -3.10. The second-order valence-corrected chi connectivity index (χ2v) is 3.26. The summed E-state index contributed by atoms with van der Waals surface area (Å²) in [4.78, 5) is 13.8. The van der Waals surface area contributed by atoms with Gasteiger partial charge in [-0.05, 0) is 22.8 Å². The van der Waals surface area contributed by atoms with Gasteiger partial charge < -0.3 is 0 Å². The standard InChI is InChI=1S/C11H6N6O/c12-6-10-9(11(18)15-16-13)7-14-17(10)8-4-2-1-3-5-8/h1-5,7H. The minimum Gasteiger partial charge on any atom is -0.287 e. The lowest BCUT2D eigenvalue weighted by molar-refractivity contribution is 0.1000. The highest BCUT2D eigenvalue weighted by Crippen LogP contribution is 2.14. The number of amides is 1. The minimum absolute atomic E-state index is 0.0147. The summed E-state index contributed by atoms with van der Waals surface area (Å²) in [5, 5.41) is 16.0. The van der Waals surface area contributed by atoms with Crippen LogP contribution in [0.1, 0.15) is 16.1 Å². The van der Waals surface area contributed by atoms with E-state index in [-0.39, 0.29) is 11.3 Å². The summed E-state index contributed by atoms with van der Waals surface area (Å²) in [5.41, 5.74) is 8.89. The third-order valence-corrected chi connectivity index (χ3v) is 2.24. The average Bonchev–Trinajstić information content (AvgIpc) is 2.83. The summed E-state index contributed by atoms with van der Waals surface area (Å²) >= 11 is 0. The Balaban J connectivity index is 2.57. The molecule has 1 amide bonds. The van der Waals surface area contributed by atoms with Crippen LogP contribution < -0.4 is 0 Å². The van der Waals surface area contributed by atoms with Crippen molar-refractivity contribution in [2.45, 2.75) is 0 Å². The zero-order chi connectivity index (χ0) is 13.0. The molecule has 0 bridgehead atoms. The highest BCUT2D eigenvalue weighted by Gasteiger charge is 2.16. The van der Waals surface area contributed by atoms with E-state index < -0.39 is 5.91 Å². The monoisotopic (exact) mass is 238 g/mol. The van der Waals surface area contributed by atoms with E-state index in [1.54, 1.807) is 24.3 Å². The van der Waals surface area contributed by atoms with E-state index in [9.17, 15) is 4.79 Å². The lowest BCUT2D eigenvalue weighted by Crippen LogP contribution is -2.02. The maximum Gasteiger partial charge on any atom is 0.253 e. The predicted molar refractivity (Wildman–Crippen MR) is 61.8 cm³/mol. The second-order valence-electron chi connectivity index (χ2n) is 3.26. The first-order chi connectivity index (χ1) is 8.77. The van der Waals surface area contributed by atoms with Gasteiger partial charge in [-0.2, -0.15) is 10.4 Å². The number of hydrogen-bond donors (Lipinski definition) is 0. The molecule has 0 spiro atoms. The Morgan fingerprint density at radius 3 is 2.78 bits per heavy atom. The van der Waals surface area contributed by atoms with Crippen LogP contribution in [0.3, 0.4) is 0 Å². The summed E-state index contributed by atoms with van der Waals surface area (Å²) in [5.74, 6) is -0.823. The van der Waals surface area contributed by atoms with Crippen molar-refractivity contribution in [2.24, 2.45) is 5.11 Å². The van der Waals surface area contributed by atoms with Crippen molar-refractivity contribution in [1.29, 1.82) is 5.26 Å². The molecule has 0 fully saturated rings. The molecule has 0 aliphatic heterocycles. The van der Waals surface area contributed by atoms with E-state index in [0.717, 1.165) is 0 Å². The molecule has 2 rings (SSSR count). The molecule has 7 nitrogen and oxygen atoms in total. The molecule has 0 unspecified atom stereocenters. The first-order valence-corrected chi connectivity index (χ1v) is 4.91. The van der Waals surface area contributed by atoms with Crippen molar-refractivity contribution in [3.8, 4) is 11.8 Å². The molecule has 18 heavy (non-hydrogen) atoms.